The van der Waals surface area contributed by atoms with Crippen molar-refractivity contribution >= 4 is 11.9 Å². The molecule has 2 fully saturated rings. The van der Waals surface area contributed by atoms with E-state index in [0.29, 0.717) is 36.9 Å². The van der Waals surface area contributed by atoms with Crippen LogP contribution in [-0.2, 0) is 14.3 Å². The summed E-state index contributed by atoms with van der Waals surface area (Å²) in [4.78, 5) is 29.1. The van der Waals surface area contributed by atoms with E-state index in [-0.39, 0.29) is 18.3 Å². The maximum absolute atomic E-state index is 12.8. The van der Waals surface area contributed by atoms with E-state index in [1.165, 1.54) is 7.11 Å². The predicted octanol–water partition coefficient (Wildman–Crippen LogP) is 2.19. The number of benzene rings is 1. The topological polar surface area (TPSA) is 106 Å². The van der Waals surface area contributed by atoms with Gasteiger partial charge < -0.3 is 14.8 Å². The minimum atomic E-state index is -0.732. The molecular formula is C20H24N4O4. The molecule has 1 aromatic heterocycles. The Hall–Kier alpha value is -2.74. The maximum atomic E-state index is 12.8. The van der Waals surface area contributed by atoms with Crippen LogP contribution in [0.5, 0.6) is 0 Å². The number of esters is 1. The summed E-state index contributed by atoms with van der Waals surface area (Å²) in [6.45, 7) is 0.931. The number of amides is 1. The second-order valence-corrected chi connectivity index (χ2v) is 7.54. The molecular weight excluding hydrogens is 360 g/mol. The molecule has 28 heavy (non-hydrogen) atoms. The van der Waals surface area contributed by atoms with Crippen LogP contribution in [0, 0.1) is 0 Å². The molecule has 1 aromatic carbocycles. The summed E-state index contributed by atoms with van der Waals surface area (Å²) in [5.41, 5.74) is 0.630. The van der Waals surface area contributed by atoms with E-state index in [1.807, 2.05) is 12.1 Å². The second kappa shape index (κ2) is 7.71. The van der Waals surface area contributed by atoms with E-state index in [2.05, 4.69) is 20.5 Å². The summed E-state index contributed by atoms with van der Waals surface area (Å²) in [7, 11) is 1.35. The number of aromatic nitrogens is 3. The Balaban J connectivity index is 1.46. The number of nitrogens with zero attached hydrogens (tertiary/aromatic N) is 2. The molecule has 2 aromatic rings. The molecule has 0 spiro atoms. The fourth-order valence-corrected chi connectivity index (χ4v) is 3.51. The van der Waals surface area contributed by atoms with Gasteiger partial charge in [0.05, 0.1) is 25.7 Å². The molecule has 1 aliphatic heterocycles. The molecule has 1 amide bonds. The van der Waals surface area contributed by atoms with Crippen LogP contribution in [0.1, 0.15) is 54.2 Å². The van der Waals surface area contributed by atoms with Crippen LogP contribution < -0.4 is 5.32 Å². The summed E-state index contributed by atoms with van der Waals surface area (Å²) in [6, 6.07) is 7.15. The number of H-pyrrole nitrogens is 1. The van der Waals surface area contributed by atoms with Gasteiger partial charge in [0, 0.05) is 23.7 Å². The summed E-state index contributed by atoms with van der Waals surface area (Å²) < 4.78 is 10.3. The van der Waals surface area contributed by atoms with Crippen molar-refractivity contribution in [1.29, 1.82) is 0 Å². The highest BCUT2D eigenvalue weighted by Crippen LogP contribution is 2.38. The lowest BCUT2D eigenvalue weighted by atomic mass is 9.88. The van der Waals surface area contributed by atoms with Gasteiger partial charge in [-0.25, -0.2) is 4.98 Å². The lowest BCUT2D eigenvalue weighted by Gasteiger charge is -2.37. The van der Waals surface area contributed by atoms with Gasteiger partial charge in [-0.15, -0.1) is 0 Å². The van der Waals surface area contributed by atoms with Crippen molar-refractivity contribution in [2.45, 2.75) is 43.6 Å². The predicted molar refractivity (Wildman–Crippen MR) is 101 cm³/mol. The first kappa shape index (κ1) is 18.6. The third-order valence-corrected chi connectivity index (χ3v) is 5.28. The number of nitrogens with one attached hydrogen (secondary N) is 2. The van der Waals surface area contributed by atoms with Crippen LogP contribution in [0.15, 0.2) is 24.3 Å². The van der Waals surface area contributed by atoms with Gasteiger partial charge in [0.1, 0.15) is 5.82 Å². The number of hydrogen-bond donors (Lipinski definition) is 2. The second-order valence-electron chi connectivity index (χ2n) is 7.54. The standard InChI is InChI=1S/C20H24N4O4/c1-27-16(25)11-20(9-2-10-28-12-20)22-19(26)15-7-5-14(6-8-15)18-21-17(23-24-18)13-3-4-13/h5-8,13H,2-4,9-12H2,1H3,(H,22,26)(H,21,23,24). The van der Waals surface area contributed by atoms with E-state index >= 15 is 0 Å². The van der Waals surface area contributed by atoms with E-state index in [9.17, 15) is 9.59 Å². The van der Waals surface area contributed by atoms with Crippen LogP contribution in [0.3, 0.4) is 0 Å². The lowest BCUT2D eigenvalue weighted by molar-refractivity contribution is -0.143. The van der Waals surface area contributed by atoms with Crippen LogP contribution in [0.25, 0.3) is 11.4 Å². The minimum absolute atomic E-state index is 0.0917. The Morgan fingerprint density at radius 3 is 2.75 bits per heavy atom. The molecule has 1 unspecified atom stereocenters. The Morgan fingerprint density at radius 1 is 1.32 bits per heavy atom. The van der Waals surface area contributed by atoms with Gasteiger partial charge >= 0.3 is 5.97 Å². The molecule has 1 aliphatic carbocycles. The highest BCUT2D eigenvalue weighted by molar-refractivity contribution is 5.95. The number of methoxy groups -OCH3 is 1. The van der Waals surface area contributed by atoms with Gasteiger partial charge in [0.15, 0.2) is 5.82 Å². The molecule has 1 atom stereocenters. The normalized spacial score (nSPS) is 21.9. The molecule has 148 valence electrons. The Kier molecular flexibility index (Phi) is 5.13. The molecule has 0 bridgehead atoms. The lowest BCUT2D eigenvalue weighted by Crippen LogP contribution is -2.55. The van der Waals surface area contributed by atoms with E-state index in [0.717, 1.165) is 30.7 Å². The van der Waals surface area contributed by atoms with Crippen LogP contribution in [-0.4, -0.2) is 52.9 Å². The number of hydrogen-bond acceptors (Lipinski definition) is 6. The van der Waals surface area contributed by atoms with Gasteiger partial charge in [-0.2, -0.15) is 5.10 Å². The first-order valence-corrected chi connectivity index (χ1v) is 9.58. The van der Waals surface area contributed by atoms with E-state index in [1.54, 1.807) is 12.1 Å². The van der Waals surface area contributed by atoms with Gasteiger partial charge in [0.25, 0.3) is 5.91 Å². The van der Waals surface area contributed by atoms with Gasteiger partial charge in [-0.1, -0.05) is 12.1 Å². The molecule has 0 radical (unpaired) electrons. The van der Waals surface area contributed by atoms with Crippen molar-refractivity contribution in [3.63, 3.8) is 0 Å². The monoisotopic (exact) mass is 384 g/mol. The average Bonchev–Trinajstić information content (AvgIpc) is 3.45. The summed E-state index contributed by atoms with van der Waals surface area (Å²) >= 11 is 0. The number of aromatic amines is 1. The fraction of sp³-hybridized carbons (Fsp3) is 0.500. The van der Waals surface area contributed by atoms with Crippen molar-refractivity contribution in [2.24, 2.45) is 0 Å². The molecule has 4 rings (SSSR count). The number of rotatable bonds is 6. The number of carbonyl (C=O) groups excluding carboxylic acids is 2. The fourth-order valence-electron chi connectivity index (χ4n) is 3.51. The van der Waals surface area contributed by atoms with Crippen molar-refractivity contribution in [3.05, 3.63) is 35.7 Å². The smallest absolute Gasteiger partial charge is 0.307 e. The minimum Gasteiger partial charge on any atom is -0.469 e. The number of ether oxygens (including phenoxy) is 2. The zero-order valence-electron chi connectivity index (χ0n) is 15.9. The van der Waals surface area contributed by atoms with E-state index < -0.39 is 5.54 Å². The van der Waals surface area contributed by atoms with Crippen molar-refractivity contribution in [3.8, 4) is 11.4 Å². The zero-order valence-corrected chi connectivity index (χ0v) is 15.9. The summed E-state index contributed by atoms with van der Waals surface area (Å²) in [6.07, 6.45) is 3.86. The van der Waals surface area contributed by atoms with Crippen LogP contribution in [0.2, 0.25) is 0 Å². The van der Waals surface area contributed by atoms with Gasteiger partial charge in [-0.3, -0.25) is 14.7 Å². The molecule has 1 saturated heterocycles. The zero-order chi connectivity index (χ0) is 19.6. The average molecular weight is 384 g/mol. The van der Waals surface area contributed by atoms with Crippen LogP contribution >= 0.6 is 0 Å². The largest absolute Gasteiger partial charge is 0.469 e. The molecule has 1 saturated carbocycles. The first-order valence-electron chi connectivity index (χ1n) is 9.58. The number of carbonyl (C=O) groups is 2. The molecule has 8 heteroatoms. The Morgan fingerprint density at radius 2 is 2.11 bits per heavy atom. The molecule has 2 aliphatic rings. The molecule has 2 N–H and O–H groups in total. The Bertz CT molecular complexity index is 851. The Labute approximate surface area is 163 Å². The van der Waals surface area contributed by atoms with Crippen molar-refractivity contribution < 1.29 is 19.1 Å². The molecule has 2 heterocycles. The maximum Gasteiger partial charge on any atom is 0.307 e. The highest BCUT2D eigenvalue weighted by atomic mass is 16.5. The van der Waals surface area contributed by atoms with Gasteiger partial charge in [-0.05, 0) is 37.8 Å². The first-order chi connectivity index (χ1) is 13.6. The highest BCUT2D eigenvalue weighted by Gasteiger charge is 2.37. The third kappa shape index (κ3) is 4.06. The van der Waals surface area contributed by atoms with Crippen LogP contribution in [0.4, 0.5) is 0 Å². The third-order valence-electron chi connectivity index (χ3n) is 5.28. The van der Waals surface area contributed by atoms with Crippen molar-refractivity contribution in [2.75, 3.05) is 20.3 Å². The van der Waals surface area contributed by atoms with E-state index in [4.69, 9.17) is 9.47 Å². The van der Waals surface area contributed by atoms with Gasteiger partial charge in [0.2, 0.25) is 0 Å². The SMILES string of the molecule is COC(=O)CC1(NC(=O)c2ccc(-c3n[nH]c(C4CC4)n3)cc2)CCCOC1. The summed E-state index contributed by atoms with van der Waals surface area (Å²) in [5, 5.41) is 10.3. The summed E-state index contributed by atoms with van der Waals surface area (Å²) in [5.74, 6) is 1.47. The molecule has 8 nitrogen and oxygen atoms in total. The quantitative estimate of drug-likeness (QED) is 0.740. The van der Waals surface area contributed by atoms with Crippen molar-refractivity contribution in [1.82, 2.24) is 20.5 Å².